The third kappa shape index (κ3) is 4.50. The topological polar surface area (TPSA) is 83.8 Å². The minimum absolute atomic E-state index is 0.0288. The number of fused-ring (bicyclic) bond motifs is 3. The smallest absolute Gasteiger partial charge is 0.157 e. The van der Waals surface area contributed by atoms with Gasteiger partial charge in [0, 0.05) is 35.7 Å². The van der Waals surface area contributed by atoms with E-state index in [2.05, 4.69) is 41.5 Å². The molecule has 0 saturated heterocycles. The summed E-state index contributed by atoms with van der Waals surface area (Å²) in [6.45, 7) is 17.8. The minimum atomic E-state index is -0.672. The van der Waals surface area contributed by atoms with Crippen LogP contribution in [0.15, 0.2) is 0 Å². The zero-order valence-electron chi connectivity index (χ0n) is 26.6. The highest BCUT2D eigenvalue weighted by molar-refractivity contribution is 5.92. The molecule has 0 bridgehead atoms. The predicted octanol–water partition coefficient (Wildman–Crippen LogP) is 6.68. The molecule has 0 aromatic rings. The first-order valence-electron chi connectivity index (χ1n) is 16.8. The molecule has 2 N–H and O–H groups in total. The molecule has 5 nitrogen and oxygen atoms in total. The third-order valence-corrected chi connectivity index (χ3v) is 13.9. The molecular weight excluding hydrogens is 500 g/mol. The van der Waals surface area contributed by atoms with Crippen molar-refractivity contribution in [3.63, 3.8) is 0 Å². The summed E-state index contributed by atoms with van der Waals surface area (Å²) in [7, 11) is 0. The number of carbonyl (C=O) groups is 2. The maximum atomic E-state index is 14.8. The molecule has 5 heteroatoms. The second-order valence-electron chi connectivity index (χ2n) is 16.2. The van der Waals surface area contributed by atoms with E-state index in [0.717, 1.165) is 44.9 Å². The zero-order chi connectivity index (χ0) is 29.4. The predicted molar refractivity (Wildman–Crippen MR) is 157 cm³/mol. The molecule has 0 radical (unpaired) electrons. The summed E-state index contributed by atoms with van der Waals surface area (Å²) in [5.74, 6) is 2.44. The monoisotopic (exact) mass is 558 g/mol. The molecule has 5 rings (SSSR count). The molecule has 15 atom stereocenters. The quantitative estimate of drug-likeness (QED) is 0.368. The maximum absolute atomic E-state index is 14.8. The summed E-state index contributed by atoms with van der Waals surface area (Å²) in [4.78, 5) is 29.1. The van der Waals surface area contributed by atoms with Crippen molar-refractivity contribution >= 4 is 11.6 Å². The van der Waals surface area contributed by atoms with Gasteiger partial charge in [-0.2, -0.15) is 0 Å². The van der Waals surface area contributed by atoms with Crippen molar-refractivity contribution in [2.75, 3.05) is 6.61 Å². The van der Waals surface area contributed by atoms with Crippen molar-refractivity contribution in [1.29, 1.82) is 0 Å². The lowest BCUT2D eigenvalue weighted by Crippen LogP contribution is -2.68. The van der Waals surface area contributed by atoms with Gasteiger partial charge in [-0.25, -0.2) is 0 Å². The third-order valence-electron chi connectivity index (χ3n) is 13.9. The van der Waals surface area contributed by atoms with Gasteiger partial charge in [0.1, 0.15) is 11.6 Å². The molecule has 15 unspecified atom stereocenters. The lowest BCUT2D eigenvalue weighted by molar-refractivity contribution is -0.207. The molecule has 40 heavy (non-hydrogen) atoms. The second-order valence-corrected chi connectivity index (χ2v) is 16.2. The van der Waals surface area contributed by atoms with Gasteiger partial charge in [-0.05, 0) is 105 Å². The van der Waals surface area contributed by atoms with Crippen LogP contribution in [0.3, 0.4) is 0 Å². The number of carbonyl (C=O) groups excluding carboxylic acids is 2. The summed E-state index contributed by atoms with van der Waals surface area (Å²) in [5.41, 5.74) is -0.894. The van der Waals surface area contributed by atoms with Gasteiger partial charge in [0.15, 0.2) is 6.29 Å². The van der Waals surface area contributed by atoms with Crippen molar-refractivity contribution in [1.82, 2.24) is 0 Å². The summed E-state index contributed by atoms with van der Waals surface area (Å²) in [5, 5.41) is 21.3. The van der Waals surface area contributed by atoms with Crippen LogP contribution in [0, 0.1) is 75.4 Å². The molecule has 0 amide bonds. The average Bonchev–Trinajstić information content (AvgIpc) is 2.86. The van der Waals surface area contributed by atoms with Gasteiger partial charge >= 0.3 is 0 Å². The largest absolute Gasteiger partial charge is 0.393 e. The van der Waals surface area contributed by atoms with Crippen LogP contribution in [-0.2, 0) is 14.3 Å². The van der Waals surface area contributed by atoms with E-state index in [1.54, 1.807) is 6.92 Å². The van der Waals surface area contributed by atoms with E-state index in [0.29, 0.717) is 36.1 Å². The number of aliphatic hydroxyl groups is 2. The zero-order valence-corrected chi connectivity index (χ0v) is 26.6. The van der Waals surface area contributed by atoms with Gasteiger partial charge in [0.25, 0.3) is 0 Å². The average molecular weight is 559 g/mol. The Morgan fingerprint density at radius 2 is 1.65 bits per heavy atom. The molecular formula is C35H58O5. The molecule has 0 aliphatic heterocycles. The van der Waals surface area contributed by atoms with Crippen LogP contribution in [-0.4, -0.2) is 40.8 Å². The highest BCUT2D eigenvalue weighted by atomic mass is 16.6. The summed E-state index contributed by atoms with van der Waals surface area (Å²) in [6.07, 6.45) is 8.26. The molecule has 0 aromatic carbocycles. The molecule has 0 heterocycles. The number of aliphatic hydroxyl groups excluding tert-OH is 2. The minimum Gasteiger partial charge on any atom is -0.393 e. The Balaban J connectivity index is 1.48. The van der Waals surface area contributed by atoms with Crippen LogP contribution in [0.1, 0.15) is 113 Å². The Morgan fingerprint density at radius 3 is 2.30 bits per heavy atom. The van der Waals surface area contributed by atoms with Crippen molar-refractivity contribution in [2.24, 2.45) is 75.4 Å². The fourth-order valence-corrected chi connectivity index (χ4v) is 12.3. The van der Waals surface area contributed by atoms with E-state index in [9.17, 15) is 19.8 Å². The van der Waals surface area contributed by atoms with Crippen molar-refractivity contribution in [3.05, 3.63) is 0 Å². The Bertz CT molecular complexity index is 977. The molecule has 0 spiro atoms. The Morgan fingerprint density at radius 1 is 0.950 bits per heavy atom. The van der Waals surface area contributed by atoms with E-state index < -0.39 is 17.8 Å². The normalized spacial score (nSPS) is 52.8. The van der Waals surface area contributed by atoms with Crippen LogP contribution in [0.5, 0.6) is 0 Å². The van der Waals surface area contributed by atoms with Crippen LogP contribution in [0.2, 0.25) is 0 Å². The lowest BCUT2D eigenvalue weighted by Gasteiger charge is -2.68. The van der Waals surface area contributed by atoms with Crippen molar-refractivity contribution < 1.29 is 24.5 Å². The first kappa shape index (κ1) is 30.7. The van der Waals surface area contributed by atoms with E-state index in [-0.39, 0.29) is 52.1 Å². The van der Waals surface area contributed by atoms with Crippen LogP contribution >= 0.6 is 0 Å². The van der Waals surface area contributed by atoms with Crippen LogP contribution < -0.4 is 0 Å². The van der Waals surface area contributed by atoms with Crippen molar-refractivity contribution in [3.8, 4) is 0 Å². The summed E-state index contributed by atoms with van der Waals surface area (Å²) < 4.78 is 5.62. The molecule has 5 saturated carbocycles. The van der Waals surface area contributed by atoms with Crippen molar-refractivity contribution in [2.45, 2.75) is 126 Å². The van der Waals surface area contributed by atoms with E-state index in [1.807, 2.05) is 6.92 Å². The fourth-order valence-electron chi connectivity index (χ4n) is 12.3. The number of Topliss-reactive ketones (excluding diaryl/α,β-unsaturated/α-hetero) is 2. The first-order chi connectivity index (χ1) is 18.7. The molecule has 0 aromatic heterocycles. The number of hydrogen-bond acceptors (Lipinski definition) is 5. The molecule has 5 fully saturated rings. The van der Waals surface area contributed by atoms with Crippen LogP contribution in [0.25, 0.3) is 0 Å². The summed E-state index contributed by atoms with van der Waals surface area (Å²) >= 11 is 0. The molecule has 228 valence electrons. The Labute approximate surface area is 243 Å². The first-order valence-corrected chi connectivity index (χ1v) is 16.8. The Kier molecular flexibility index (Phi) is 8.23. The van der Waals surface area contributed by atoms with Gasteiger partial charge in [0.05, 0.1) is 6.10 Å². The SMILES string of the molecule is CCOC(O)C1CCCC(C2CCC(C)C3C(=O)C4C(C)C5(C)C(=O)C(C(C)O)C(C)CC5(C)CC4(C)CC23)C1. The van der Waals surface area contributed by atoms with Gasteiger partial charge in [-0.15, -0.1) is 0 Å². The van der Waals surface area contributed by atoms with Crippen LogP contribution in [0.4, 0.5) is 0 Å². The van der Waals surface area contributed by atoms with E-state index >= 15 is 0 Å². The molecule has 5 aliphatic carbocycles. The number of ether oxygens (including phenoxy) is 1. The fraction of sp³-hybridized carbons (Fsp3) is 0.943. The van der Waals surface area contributed by atoms with Gasteiger partial charge in [-0.3, -0.25) is 9.59 Å². The van der Waals surface area contributed by atoms with E-state index in [1.165, 1.54) is 12.8 Å². The molecule has 5 aliphatic rings. The number of rotatable bonds is 5. The highest BCUT2D eigenvalue weighted by Gasteiger charge is 2.70. The standard InChI is InChI=1S/C35H58O5/c1-9-40-32(39)24-12-10-11-23(15-24)25-14-13-19(2)28-26(25)17-33(6)18-34(7)16-20(3)27(22(5)36)31(38)35(34,8)21(4)29(33)30(28)37/h19-29,32,36,39H,9-18H2,1-8H3. The van der Waals surface area contributed by atoms with Gasteiger partial charge in [-0.1, -0.05) is 54.4 Å². The summed E-state index contributed by atoms with van der Waals surface area (Å²) in [6, 6.07) is 0. The number of hydrogen-bond donors (Lipinski definition) is 2. The highest BCUT2D eigenvalue weighted by Crippen LogP contribution is 2.71. The Hall–Kier alpha value is -0.780. The van der Waals surface area contributed by atoms with E-state index in [4.69, 9.17) is 4.74 Å². The second kappa shape index (κ2) is 10.7. The maximum Gasteiger partial charge on any atom is 0.157 e. The van der Waals surface area contributed by atoms with Gasteiger partial charge < -0.3 is 14.9 Å². The van der Waals surface area contributed by atoms with Gasteiger partial charge in [0.2, 0.25) is 0 Å². The number of ketones is 2. The lowest BCUT2D eigenvalue weighted by atomic mass is 9.34.